The number of ether oxygens (including phenoxy) is 2. The number of carbonyl (C=O) groups excluding carboxylic acids is 1. The third kappa shape index (κ3) is 6.71. The molecule has 0 aliphatic carbocycles. The number of methoxy groups -OCH3 is 1. The van der Waals surface area contributed by atoms with Gasteiger partial charge in [0.25, 0.3) is 5.56 Å². The molecule has 0 aliphatic heterocycles. The number of H-pyrrole nitrogens is 1. The lowest BCUT2D eigenvalue weighted by Gasteiger charge is -2.11. The highest BCUT2D eigenvalue weighted by molar-refractivity contribution is 7.98. The number of hydrogen-bond donors (Lipinski definition) is 1. The minimum Gasteiger partial charge on any atom is -0.496 e. The molecule has 0 saturated heterocycles. The summed E-state index contributed by atoms with van der Waals surface area (Å²) in [6.45, 7) is 8.28. The van der Waals surface area contributed by atoms with Crippen molar-refractivity contribution in [1.82, 2.24) is 9.97 Å². The van der Waals surface area contributed by atoms with E-state index in [1.807, 2.05) is 37.3 Å². The summed E-state index contributed by atoms with van der Waals surface area (Å²) in [7, 11) is 1.60. The molecule has 0 bridgehead atoms. The van der Waals surface area contributed by atoms with Crippen LogP contribution in [-0.4, -0.2) is 29.5 Å². The molecule has 0 amide bonds. The fourth-order valence-electron chi connectivity index (χ4n) is 3.29. The fourth-order valence-corrected chi connectivity index (χ4v) is 4.17. The number of aromatic nitrogens is 2. The van der Waals surface area contributed by atoms with Crippen LogP contribution in [0.5, 0.6) is 11.5 Å². The Morgan fingerprint density at radius 3 is 2.48 bits per heavy atom. The van der Waals surface area contributed by atoms with Crippen LogP contribution in [0.2, 0.25) is 0 Å². The predicted molar refractivity (Wildman–Crippen MR) is 132 cm³/mol. The van der Waals surface area contributed by atoms with E-state index in [4.69, 9.17) is 9.47 Å². The van der Waals surface area contributed by atoms with Crippen molar-refractivity contribution in [1.29, 1.82) is 0 Å². The zero-order chi connectivity index (χ0) is 24.0. The maximum absolute atomic E-state index is 12.8. The normalized spacial score (nSPS) is 11.0. The van der Waals surface area contributed by atoms with Gasteiger partial charge in [0.15, 0.2) is 10.9 Å². The fraction of sp³-hybridized carbons (Fsp3) is 0.346. The molecule has 174 valence electrons. The molecule has 0 radical (unpaired) electrons. The van der Waals surface area contributed by atoms with E-state index >= 15 is 0 Å². The van der Waals surface area contributed by atoms with Crippen molar-refractivity contribution in [3.8, 4) is 11.5 Å². The van der Waals surface area contributed by atoms with Crippen molar-refractivity contribution in [3.63, 3.8) is 0 Å². The number of aryl methyl sites for hydroxylation is 1. The Labute approximate surface area is 198 Å². The molecule has 2 aromatic carbocycles. The van der Waals surface area contributed by atoms with Gasteiger partial charge in [0, 0.05) is 34.6 Å². The van der Waals surface area contributed by atoms with Crippen molar-refractivity contribution in [3.05, 3.63) is 80.8 Å². The Hall–Kier alpha value is -3.06. The molecular formula is C26H30N2O4S. The third-order valence-corrected chi connectivity index (χ3v) is 6.06. The van der Waals surface area contributed by atoms with E-state index in [0.717, 1.165) is 16.9 Å². The van der Waals surface area contributed by atoms with E-state index < -0.39 is 0 Å². The van der Waals surface area contributed by atoms with Gasteiger partial charge in [0.05, 0.1) is 13.7 Å². The van der Waals surface area contributed by atoms with Gasteiger partial charge in [-0.3, -0.25) is 9.59 Å². The van der Waals surface area contributed by atoms with E-state index in [0.29, 0.717) is 52.4 Å². The van der Waals surface area contributed by atoms with Crippen LogP contribution >= 0.6 is 11.8 Å². The smallest absolute Gasteiger partial charge is 0.255 e. The number of Topliss-reactive ketones (excluding diaryl/α,β-unsaturated/α-hetero) is 1. The maximum Gasteiger partial charge on any atom is 0.255 e. The van der Waals surface area contributed by atoms with Crippen LogP contribution < -0.4 is 15.0 Å². The van der Waals surface area contributed by atoms with Crippen LogP contribution in [-0.2, 0) is 12.2 Å². The van der Waals surface area contributed by atoms with Crippen molar-refractivity contribution in [2.24, 2.45) is 5.92 Å². The highest BCUT2D eigenvalue weighted by atomic mass is 32.2. The molecule has 0 aliphatic rings. The molecule has 3 rings (SSSR count). The molecule has 1 heterocycles. The summed E-state index contributed by atoms with van der Waals surface area (Å²) in [6, 6.07) is 13.2. The Balaban J connectivity index is 1.71. The van der Waals surface area contributed by atoms with Gasteiger partial charge in [-0.2, -0.15) is 0 Å². The molecule has 33 heavy (non-hydrogen) atoms. The van der Waals surface area contributed by atoms with Crippen LogP contribution in [0.1, 0.15) is 53.5 Å². The molecule has 0 atom stereocenters. The number of nitrogens with zero attached hydrogens (tertiary/aromatic N) is 1. The Kier molecular flexibility index (Phi) is 8.33. The summed E-state index contributed by atoms with van der Waals surface area (Å²) in [5, 5.41) is 0.536. The molecule has 7 heteroatoms. The van der Waals surface area contributed by atoms with E-state index in [9.17, 15) is 9.59 Å². The van der Waals surface area contributed by atoms with Gasteiger partial charge in [0.2, 0.25) is 0 Å². The topological polar surface area (TPSA) is 81.3 Å². The molecule has 6 nitrogen and oxygen atoms in total. The number of ketones is 1. The van der Waals surface area contributed by atoms with E-state index in [-0.39, 0.29) is 11.3 Å². The van der Waals surface area contributed by atoms with Gasteiger partial charge >= 0.3 is 0 Å². The van der Waals surface area contributed by atoms with Gasteiger partial charge in [0.1, 0.15) is 11.5 Å². The molecule has 3 aromatic rings. The zero-order valence-electron chi connectivity index (χ0n) is 19.7. The van der Waals surface area contributed by atoms with Crippen LogP contribution in [0.25, 0.3) is 0 Å². The van der Waals surface area contributed by atoms with Crippen LogP contribution in [0, 0.1) is 12.8 Å². The van der Waals surface area contributed by atoms with Crippen LogP contribution in [0.15, 0.2) is 52.4 Å². The lowest BCUT2D eigenvalue weighted by molar-refractivity contribution is 0.101. The first-order valence-corrected chi connectivity index (χ1v) is 11.9. The predicted octanol–water partition coefficient (Wildman–Crippen LogP) is 5.21. The number of rotatable bonds is 10. The van der Waals surface area contributed by atoms with Crippen molar-refractivity contribution in [2.75, 3.05) is 13.7 Å². The monoisotopic (exact) mass is 466 g/mol. The summed E-state index contributed by atoms with van der Waals surface area (Å²) in [4.78, 5) is 32.0. The van der Waals surface area contributed by atoms with Gasteiger partial charge in [-0.05, 0) is 55.7 Å². The minimum absolute atomic E-state index is 0.00449. The number of thioether (sulfide) groups is 1. The second-order valence-corrected chi connectivity index (χ2v) is 9.30. The Morgan fingerprint density at radius 2 is 1.88 bits per heavy atom. The van der Waals surface area contributed by atoms with Gasteiger partial charge < -0.3 is 14.5 Å². The average Bonchev–Trinajstić information content (AvgIpc) is 2.79. The van der Waals surface area contributed by atoms with E-state index in [2.05, 4.69) is 23.8 Å². The molecule has 1 N–H and O–H groups in total. The summed E-state index contributed by atoms with van der Waals surface area (Å²) in [5.41, 5.74) is 3.72. The van der Waals surface area contributed by atoms with Crippen molar-refractivity contribution >= 4 is 17.5 Å². The van der Waals surface area contributed by atoms with Crippen LogP contribution in [0.3, 0.4) is 0 Å². The standard InChI is InChI=1S/C26H30N2O4S/c1-16(2)14-32-22-9-6-19(7-10-22)12-23-17(3)27-26(28-25(23)30)33-15-21-13-20(18(4)29)8-11-24(21)31-5/h6-11,13,16H,12,14-15H2,1-5H3,(H,27,28,30). The maximum atomic E-state index is 12.8. The Morgan fingerprint density at radius 1 is 1.15 bits per heavy atom. The number of nitrogens with one attached hydrogen (secondary N) is 1. The first-order chi connectivity index (χ1) is 15.8. The molecule has 0 fully saturated rings. The SMILES string of the molecule is COc1ccc(C(C)=O)cc1CSc1nc(C)c(Cc2ccc(OCC(C)C)cc2)c(=O)[nH]1. The van der Waals surface area contributed by atoms with Crippen LogP contribution in [0.4, 0.5) is 0 Å². The number of aromatic amines is 1. The second-order valence-electron chi connectivity index (χ2n) is 8.33. The first-order valence-electron chi connectivity index (χ1n) is 10.9. The molecule has 0 unspecified atom stereocenters. The summed E-state index contributed by atoms with van der Waals surface area (Å²) >= 11 is 1.40. The van der Waals surface area contributed by atoms with Gasteiger partial charge in [-0.15, -0.1) is 0 Å². The minimum atomic E-state index is -0.144. The van der Waals surface area contributed by atoms with E-state index in [1.165, 1.54) is 18.7 Å². The second kappa shape index (κ2) is 11.2. The van der Waals surface area contributed by atoms with E-state index in [1.54, 1.807) is 19.2 Å². The lowest BCUT2D eigenvalue weighted by Crippen LogP contribution is -2.17. The van der Waals surface area contributed by atoms with Gasteiger partial charge in [-0.25, -0.2) is 4.98 Å². The summed E-state index contributed by atoms with van der Waals surface area (Å²) in [5.74, 6) is 2.50. The summed E-state index contributed by atoms with van der Waals surface area (Å²) in [6.07, 6.45) is 0.498. The third-order valence-electron chi connectivity index (χ3n) is 5.14. The summed E-state index contributed by atoms with van der Waals surface area (Å²) < 4.78 is 11.1. The molecule has 0 spiro atoms. The lowest BCUT2D eigenvalue weighted by atomic mass is 10.1. The number of hydrogen-bond acceptors (Lipinski definition) is 6. The molecule has 0 saturated carbocycles. The van der Waals surface area contributed by atoms with Crippen molar-refractivity contribution in [2.45, 2.75) is 45.0 Å². The highest BCUT2D eigenvalue weighted by Crippen LogP contribution is 2.27. The Bertz CT molecular complexity index is 1170. The molecule has 1 aromatic heterocycles. The number of carbonyl (C=O) groups is 1. The number of benzene rings is 2. The van der Waals surface area contributed by atoms with Gasteiger partial charge in [-0.1, -0.05) is 37.7 Å². The first kappa shape index (κ1) is 24.6. The van der Waals surface area contributed by atoms with Crippen molar-refractivity contribution < 1.29 is 14.3 Å². The highest BCUT2D eigenvalue weighted by Gasteiger charge is 2.12. The molecular weight excluding hydrogens is 436 g/mol. The average molecular weight is 467 g/mol. The quantitative estimate of drug-likeness (QED) is 0.251. The largest absolute Gasteiger partial charge is 0.496 e. The zero-order valence-corrected chi connectivity index (χ0v) is 20.5.